The van der Waals surface area contributed by atoms with E-state index in [9.17, 15) is 9.59 Å². The zero-order valence-electron chi connectivity index (χ0n) is 17.6. The number of fused-ring (bicyclic) bond motifs is 2. The number of aryl methyl sites for hydroxylation is 1. The third kappa shape index (κ3) is 2.93. The molecule has 0 saturated heterocycles. The van der Waals surface area contributed by atoms with Crippen molar-refractivity contribution in [2.75, 3.05) is 7.11 Å². The van der Waals surface area contributed by atoms with E-state index < -0.39 is 11.2 Å². The van der Waals surface area contributed by atoms with Crippen molar-refractivity contribution >= 4 is 33.8 Å². The molecule has 0 aliphatic carbocycles. The number of hydrogen-bond donors (Lipinski definition) is 0. The monoisotopic (exact) mass is 450 g/mol. The van der Waals surface area contributed by atoms with E-state index in [1.165, 1.54) is 11.6 Å². The number of hydrogen-bond acceptors (Lipinski definition) is 5. The van der Waals surface area contributed by atoms with Gasteiger partial charge in [0, 0.05) is 19.8 Å². The highest BCUT2D eigenvalue weighted by molar-refractivity contribution is 6.29. The average Bonchev–Trinajstić information content (AvgIpc) is 3.34. The molecule has 0 amide bonds. The van der Waals surface area contributed by atoms with Gasteiger partial charge in [-0.2, -0.15) is 4.98 Å². The normalized spacial score (nSPS) is 11.5. The number of ether oxygens (including phenoxy) is 1. The number of para-hydroxylation sites is 2. The summed E-state index contributed by atoms with van der Waals surface area (Å²) in [4.78, 5) is 34.3. The van der Waals surface area contributed by atoms with Crippen LogP contribution in [0, 0.1) is 0 Å². The summed E-state index contributed by atoms with van der Waals surface area (Å²) in [6.45, 7) is 0.184. The molecule has 9 nitrogen and oxygen atoms in total. The fraction of sp³-hybridized carbons (Fsp3) is 0.182. The van der Waals surface area contributed by atoms with Gasteiger partial charge < -0.3 is 9.30 Å². The van der Waals surface area contributed by atoms with E-state index in [1.54, 1.807) is 18.7 Å². The molecule has 0 aliphatic heterocycles. The summed E-state index contributed by atoms with van der Waals surface area (Å²) in [5.41, 5.74) is 2.15. The Hall–Kier alpha value is -3.85. The Morgan fingerprint density at radius 2 is 1.69 bits per heavy atom. The maximum Gasteiger partial charge on any atom is 0.332 e. The second-order valence-corrected chi connectivity index (χ2v) is 7.73. The molecule has 5 rings (SSSR count). The average molecular weight is 451 g/mol. The third-order valence-corrected chi connectivity index (χ3v) is 5.85. The topological polar surface area (TPSA) is 88.9 Å². The molecule has 0 saturated carbocycles. The van der Waals surface area contributed by atoms with Crippen LogP contribution in [0.3, 0.4) is 0 Å². The Morgan fingerprint density at radius 3 is 2.41 bits per heavy atom. The summed E-state index contributed by atoms with van der Waals surface area (Å²) in [5.74, 6) is 1.40. The Morgan fingerprint density at radius 1 is 0.969 bits per heavy atom. The van der Waals surface area contributed by atoms with Gasteiger partial charge in [-0.3, -0.25) is 18.5 Å². The lowest BCUT2D eigenvalue weighted by molar-refractivity contribution is 0.414. The summed E-state index contributed by atoms with van der Waals surface area (Å²) in [7, 11) is 4.61. The number of halogens is 1. The SMILES string of the molecule is COc1ccc(-n2c(Cn3c(Cl)nc4c3c(=O)n(C)c(=O)n4C)nc3ccccc32)cc1. The van der Waals surface area contributed by atoms with E-state index in [4.69, 9.17) is 21.3 Å². The molecule has 0 radical (unpaired) electrons. The highest BCUT2D eigenvalue weighted by Gasteiger charge is 2.21. The highest BCUT2D eigenvalue weighted by Crippen LogP contribution is 2.25. The number of nitrogens with zero attached hydrogens (tertiary/aromatic N) is 6. The van der Waals surface area contributed by atoms with Crippen LogP contribution in [0.1, 0.15) is 5.82 Å². The maximum atomic E-state index is 12.9. The van der Waals surface area contributed by atoms with E-state index in [0.29, 0.717) is 5.82 Å². The molecule has 0 atom stereocenters. The van der Waals surface area contributed by atoms with Gasteiger partial charge in [-0.15, -0.1) is 0 Å². The molecular weight excluding hydrogens is 432 g/mol. The molecule has 162 valence electrons. The van der Waals surface area contributed by atoms with Crippen molar-refractivity contribution in [2.45, 2.75) is 6.54 Å². The molecule has 2 aromatic carbocycles. The lowest BCUT2D eigenvalue weighted by Gasteiger charge is -2.12. The van der Waals surface area contributed by atoms with E-state index in [2.05, 4.69) is 4.98 Å². The molecule has 10 heteroatoms. The van der Waals surface area contributed by atoms with Crippen molar-refractivity contribution in [2.24, 2.45) is 14.1 Å². The van der Waals surface area contributed by atoms with Crippen LogP contribution >= 0.6 is 11.6 Å². The molecule has 0 aliphatic rings. The third-order valence-electron chi connectivity index (χ3n) is 5.56. The van der Waals surface area contributed by atoms with Crippen molar-refractivity contribution in [1.29, 1.82) is 0 Å². The number of aromatic nitrogens is 6. The van der Waals surface area contributed by atoms with Gasteiger partial charge in [-0.25, -0.2) is 9.78 Å². The molecule has 0 fully saturated rings. The van der Waals surface area contributed by atoms with Crippen LogP contribution in [0.4, 0.5) is 0 Å². The Bertz CT molecular complexity index is 1610. The number of rotatable bonds is 4. The van der Waals surface area contributed by atoms with Crippen LogP contribution < -0.4 is 16.0 Å². The fourth-order valence-electron chi connectivity index (χ4n) is 3.91. The van der Waals surface area contributed by atoms with E-state index in [1.807, 2.05) is 53.1 Å². The first-order valence-corrected chi connectivity index (χ1v) is 10.2. The van der Waals surface area contributed by atoms with Gasteiger partial charge in [0.05, 0.1) is 24.7 Å². The molecule has 0 N–H and O–H groups in total. The van der Waals surface area contributed by atoms with Crippen molar-refractivity contribution in [1.82, 2.24) is 28.2 Å². The van der Waals surface area contributed by atoms with Crippen LogP contribution in [0.5, 0.6) is 5.75 Å². The fourth-order valence-corrected chi connectivity index (χ4v) is 4.13. The zero-order valence-corrected chi connectivity index (χ0v) is 18.4. The van der Waals surface area contributed by atoms with Gasteiger partial charge in [-0.05, 0) is 48.0 Å². The van der Waals surface area contributed by atoms with Gasteiger partial charge >= 0.3 is 5.69 Å². The van der Waals surface area contributed by atoms with E-state index in [-0.39, 0.29) is 23.0 Å². The number of methoxy groups -OCH3 is 1. The smallest absolute Gasteiger partial charge is 0.332 e. The largest absolute Gasteiger partial charge is 0.497 e. The molecule has 3 aromatic heterocycles. The second kappa shape index (κ2) is 7.38. The minimum Gasteiger partial charge on any atom is -0.497 e. The molecule has 0 spiro atoms. The number of benzene rings is 2. The van der Waals surface area contributed by atoms with Crippen molar-refractivity contribution in [3.8, 4) is 11.4 Å². The Kier molecular flexibility index (Phi) is 4.63. The number of imidazole rings is 2. The second-order valence-electron chi connectivity index (χ2n) is 7.40. The van der Waals surface area contributed by atoms with Gasteiger partial charge in [0.2, 0.25) is 5.28 Å². The first-order valence-electron chi connectivity index (χ1n) is 9.83. The lowest BCUT2D eigenvalue weighted by atomic mass is 10.2. The molecule has 0 bridgehead atoms. The maximum absolute atomic E-state index is 12.9. The van der Waals surface area contributed by atoms with Gasteiger partial charge in [0.15, 0.2) is 11.2 Å². The predicted octanol–water partition coefficient (Wildman–Crippen LogP) is 2.48. The summed E-state index contributed by atoms with van der Waals surface area (Å²) in [6, 6.07) is 15.4. The van der Waals surface area contributed by atoms with Crippen molar-refractivity contribution in [3.05, 3.63) is 80.5 Å². The van der Waals surface area contributed by atoms with E-state index in [0.717, 1.165) is 27.0 Å². The highest BCUT2D eigenvalue weighted by atomic mass is 35.5. The van der Waals surface area contributed by atoms with Gasteiger partial charge in [-0.1, -0.05) is 12.1 Å². The summed E-state index contributed by atoms with van der Waals surface area (Å²) >= 11 is 6.44. The predicted molar refractivity (Wildman–Crippen MR) is 122 cm³/mol. The van der Waals surface area contributed by atoms with Crippen LogP contribution in [-0.4, -0.2) is 35.3 Å². The first-order chi connectivity index (χ1) is 15.4. The minimum absolute atomic E-state index is 0.103. The van der Waals surface area contributed by atoms with Gasteiger partial charge in [0.25, 0.3) is 5.56 Å². The molecule has 0 unspecified atom stereocenters. The molecule has 32 heavy (non-hydrogen) atoms. The summed E-state index contributed by atoms with van der Waals surface area (Å²) in [6.07, 6.45) is 0. The summed E-state index contributed by atoms with van der Waals surface area (Å²) < 4.78 is 11.2. The molecular formula is C22H19ClN6O3. The Labute approximate surface area is 186 Å². The lowest BCUT2D eigenvalue weighted by Crippen LogP contribution is -2.37. The van der Waals surface area contributed by atoms with Crippen molar-refractivity contribution < 1.29 is 4.74 Å². The molecule has 5 aromatic rings. The van der Waals surface area contributed by atoms with Crippen LogP contribution in [0.25, 0.3) is 27.9 Å². The van der Waals surface area contributed by atoms with Crippen LogP contribution in [0.2, 0.25) is 5.28 Å². The summed E-state index contributed by atoms with van der Waals surface area (Å²) in [5, 5.41) is 0.103. The quantitative estimate of drug-likeness (QED) is 0.392. The van der Waals surface area contributed by atoms with Crippen LogP contribution in [0.15, 0.2) is 58.1 Å². The zero-order chi connectivity index (χ0) is 22.6. The van der Waals surface area contributed by atoms with E-state index >= 15 is 0 Å². The minimum atomic E-state index is -0.464. The van der Waals surface area contributed by atoms with Crippen molar-refractivity contribution in [3.63, 3.8) is 0 Å². The van der Waals surface area contributed by atoms with Gasteiger partial charge in [0.1, 0.15) is 11.6 Å². The first kappa shape index (κ1) is 20.1. The molecule has 3 heterocycles. The Balaban J connectivity index is 1.75. The van der Waals surface area contributed by atoms with Crippen LogP contribution in [-0.2, 0) is 20.6 Å². The standard InChI is InChI=1S/C22H19ClN6O3/c1-26-19-18(20(30)27(2)22(26)31)28(21(23)25-19)12-17-24-15-6-4-5-7-16(15)29(17)13-8-10-14(32-3)11-9-13/h4-11H,12H2,1-3H3.